The van der Waals surface area contributed by atoms with E-state index < -0.39 is 0 Å². The molecule has 0 radical (unpaired) electrons. The highest BCUT2D eigenvalue weighted by atomic mass is 16.2. The fourth-order valence-corrected chi connectivity index (χ4v) is 3.94. The third-order valence-electron chi connectivity index (χ3n) is 5.88. The van der Waals surface area contributed by atoms with E-state index in [0.29, 0.717) is 12.1 Å². The van der Waals surface area contributed by atoms with Crippen molar-refractivity contribution >= 4 is 24.2 Å². The number of benzene rings is 1. The van der Waals surface area contributed by atoms with Crippen molar-refractivity contribution in [2.45, 2.75) is 132 Å². The van der Waals surface area contributed by atoms with Gasteiger partial charge in [0.2, 0.25) is 0 Å². The molecular weight excluding hydrogens is 522 g/mol. The molecule has 1 atom stereocenters. The van der Waals surface area contributed by atoms with Gasteiger partial charge in [0.25, 0.3) is 5.91 Å². The summed E-state index contributed by atoms with van der Waals surface area (Å²) in [4.78, 5) is 38.1. The molecule has 42 heavy (non-hydrogen) atoms. The highest BCUT2D eigenvalue weighted by Gasteiger charge is 2.24. The van der Waals surface area contributed by atoms with Gasteiger partial charge in [0, 0.05) is 25.4 Å². The van der Waals surface area contributed by atoms with Crippen molar-refractivity contribution < 1.29 is 14.4 Å². The topological polar surface area (TPSA) is 90.6 Å². The van der Waals surface area contributed by atoms with Crippen LogP contribution >= 0.6 is 0 Å². The van der Waals surface area contributed by atoms with E-state index in [1.54, 1.807) is 37.2 Å². The second-order valence-corrected chi connectivity index (χ2v) is 9.65. The Hall–Kier alpha value is -3.33. The molecule has 0 bridgehead atoms. The van der Waals surface area contributed by atoms with Crippen LogP contribution in [0.3, 0.4) is 0 Å². The van der Waals surface area contributed by atoms with Gasteiger partial charge in [-0.2, -0.15) is 5.26 Å². The number of aldehydes is 2. The molecule has 0 aromatic heterocycles. The Balaban J connectivity index is -0.00000171. The van der Waals surface area contributed by atoms with Gasteiger partial charge in [0.1, 0.15) is 24.2 Å². The molecule has 0 heterocycles. The lowest BCUT2D eigenvalue weighted by molar-refractivity contribution is -0.127. The minimum Gasteiger partial charge on any atom is -0.334 e. The number of carbonyl (C=O) groups is 3. The number of hydrogen-bond donors (Lipinski definition) is 0. The molecule has 0 fully saturated rings. The highest BCUT2D eigenvalue weighted by Crippen LogP contribution is 2.26. The maximum Gasteiger partial charge on any atom is 0.264 e. The van der Waals surface area contributed by atoms with E-state index in [0.717, 1.165) is 56.7 Å². The Bertz CT molecular complexity index is 941. The smallest absolute Gasteiger partial charge is 0.264 e. The van der Waals surface area contributed by atoms with Crippen molar-refractivity contribution in [2.75, 3.05) is 7.05 Å². The number of nitrogens with zero attached hydrogens (tertiary/aromatic N) is 3. The van der Waals surface area contributed by atoms with Gasteiger partial charge in [-0.05, 0) is 63.7 Å². The van der Waals surface area contributed by atoms with Crippen LogP contribution in [0.2, 0.25) is 0 Å². The second kappa shape index (κ2) is 32.2. The molecule has 1 amide bonds. The van der Waals surface area contributed by atoms with Gasteiger partial charge >= 0.3 is 0 Å². The largest absolute Gasteiger partial charge is 0.334 e. The Kier molecular flexibility index (Phi) is 33.1. The number of rotatable bonds is 16. The number of carbonyl (C=O) groups excluding carboxylic acids is 3. The molecule has 0 aliphatic heterocycles. The summed E-state index contributed by atoms with van der Waals surface area (Å²) in [6.45, 7) is 15.4. The van der Waals surface area contributed by atoms with E-state index in [4.69, 9.17) is 4.79 Å². The van der Waals surface area contributed by atoms with Crippen LogP contribution in [-0.2, 0) is 20.8 Å². The van der Waals surface area contributed by atoms with E-state index in [9.17, 15) is 14.9 Å². The summed E-state index contributed by atoms with van der Waals surface area (Å²) in [6, 6.07) is 10.5. The lowest BCUT2D eigenvalue weighted by Crippen LogP contribution is -2.32. The molecule has 6 heteroatoms. The molecule has 0 aliphatic carbocycles. The third-order valence-corrected chi connectivity index (χ3v) is 5.88. The molecule has 1 unspecified atom stereocenters. The van der Waals surface area contributed by atoms with Gasteiger partial charge in [-0.3, -0.25) is 9.79 Å². The molecule has 1 rings (SSSR count). The molecule has 0 saturated heterocycles. The van der Waals surface area contributed by atoms with Crippen molar-refractivity contribution in [3.05, 3.63) is 59.3 Å². The van der Waals surface area contributed by atoms with Crippen LogP contribution in [0, 0.1) is 11.3 Å². The van der Waals surface area contributed by atoms with E-state index >= 15 is 0 Å². The summed E-state index contributed by atoms with van der Waals surface area (Å²) in [5, 5.41) is 9.56. The van der Waals surface area contributed by atoms with Crippen molar-refractivity contribution in [2.24, 2.45) is 4.99 Å². The summed E-state index contributed by atoms with van der Waals surface area (Å²) in [5.74, 6) is -0.284. The molecule has 1 aromatic rings. The molecule has 0 saturated carbocycles. The highest BCUT2D eigenvalue weighted by molar-refractivity contribution is 6.05. The first-order valence-electron chi connectivity index (χ1n) is 15.8. The average Bonchev–Trinajstić information content (AvgIpc) is 3.00. The number of aryl methyl sites for hydroxylation is 1. The predicted octanol–water partition coefficient (Wildman–Crippen LogP) is 9.55. The van der Waals surface area contributed by atoms with E-state index in [1.165, 1.54) is 38.2 Å². The van der Waals surface area contributed by atoms with Crippen molar-refractivity contribution in [1.29, 1.82) is 5.26 Å². The Morgan fingerprint density at radius 2 is 1.50 bits per heavy atom. The minimum absolute atomic E-state index is 0.0811. The summed E-state index contributed by atoms with van der Waals surface area (Å²) in [5.41, 5.74) is 3.11. The first-order valence-corrected chi connectivity index (χ1v) is 15.8. The van der Waals surface area contributed by atoms with E-state index in [-0.39, 0.29) is 17.5 Å². The monoisotopic (exact) mass is 581 g/mol. The van der Waals surface area contributed by atoms with Crippen LogP contribution < -0.4 is 0 Å². The Morgan fingerprint density at radius 1 is 0.976 bits per heavy atom. The van der Waals surface area contributed by atoms with Gasteiger partial charge in [-0.15, -0.1) is 0 Å². The van der Waals surface area contributed by atoms with Gasteiger partial charge < -0.3 is 14.5 Å². The molecule has 0 spiro atoms. The maximum atomic E-state index is 13.1. The molecular formula is C36H59N3O3. The van der Waals surface area contributed by atoms with Crippen molar-refractivity contribution in [3.8, 4) is 6.07 Å². The molecule has 0 aliphatic rings. The van der Waals surface area contributed by atoms with Crippen molar-refractivity contribution in [1.82, 2.24) is 4.90 Å². The maximum absolute atomic E-state index is 13.1. The van der Waals surface area contributed by atoms with Gasteiger partial charge in [0.05, 0.1) is 6.04 Å². The number of unbranched alkanes of at least 4 members (excludes halogenated alkanes) is 6. The van der Waals surface area contributed by atoms with E-state index in [2.05, 4.69) is 50.0 Å². The van der Waals surface area contributed by atoms with Gasteiger partial charge in [-0.25, -0.2) is 0 Å². The van der Waals surface area contributed by atoms with Crippen LogP contribution in [0.15, 0.2) is 53.2 Å². The fourth-order valence-electron chi connectivity index (χ4n) is 3.94. The van der Waals surface area contributed by atoms with Gasteiger partial charge in [0.15, 0.2) is 0 Å². The zero-order valence-corrected chi connectivity index (χ0v) is 28.1. The van der Waals surface area contributed by atoms with Gasteiger partial charge in [-0.1, -0.05) is 103 Å². The number of amides is 1. The zero-order chi connectivity index (χ0) is 32.6. The summed E-state index contributed by atoms with van der Waals surface area (Å²) >= 11 is 0. The SMILES string of the molecule is CC.CC=O.CCC.C\C=C/N=C(C)/C=C(\C#N)C(=O)N(C)C(CCC)c1ccc(CCCCCCCCC=O)cc1. The summed E-state index contributed by atoms with van der Waals surface area (Å²) < 4.78 is 0. The third kappa shape index (κ3) is 22.4. The molecule has 1 aromatic carbocycles. The first-order chi connectivity index (χ1) is 20.3. The number of allylic oxidation sites excluding steroid dienone is 2. The normalized spacial score (nSPS) is 11.4. The lowest BCUT2D eigenvalue weighted by Gasteiger charge is -2.28. The van der Waals surface area contributed by atoms with Crippen LogP contribution in [0.5, 0.6) is 0 Å². The van der Waals surface area contributed by atoms with Crippen LogP contribution in [0.25, 0.3) is 0 Å². The quantitative estimate of drug-likeness (QED) is 0.0639. The number of hydrogen-bond acceptors (Lipinski definition) is 5. The lowest BCUT2D eigenvalue weighted by atomic mass is 9.97. The minimum atomic E-state index is -0.284. The average molecular weight is 582 g/mol. The molecule has 236 valence electrons. The molecule has 0 N–H and O–H groups in total. The second-order valence-electron chi connectivity index (χ2n) is 9.65. The van der Waals surface area contributed by atoms with Crippen LogP contribution in [0.1, 0.15) is 137 Å². The number of aliphatic imine (C=N–C) groups is 1. The van der Waals surface area contributed by atoms with Crippen LogP contribution in [-0.4, -0.2) is 36.1 Å². The number of nitriles is 1. The van der Waals surface area contributed by atoms with Crippen molar-refractivity contribution in [3.63, 3.8) is 0 Å². The Morgan fingerprint density at radius 3 is 1.98 bits per heavy atom. The number of likely N-dealkylation sites (N-methyl/N-ethyl adjacent to an activating group) is 1. The zero-order valence-electron chi connectivity index (χ0n) is 28.1. The predicted molar refractivity (Wildman–Crippen MR) is 180 cm³/mol. The standard InChI is InChI=1S/C29H41N3O2.C3H8.C2H4O.C2H6/c1-5-14-28(32(4)29(34)27(23-30)22-24(3)31-20-6-2)26-18-16-25(17-19-26)15-12-10-8-7-9-11-13-21-33;1-3-2;1-2-3;1-2/h6,16-22,28H,5,7-15H2,1-4H3;3H2,1-2H3;2H,1H3;1-2H3/b20-6-,27-22+,31-24+;;;. The Labute approximate surface area is 258 Å². The summed E-state index contributed by atoms with van der Waals surface area (Å²) in [7, 11) is 1.77. The first kappa shape index (κ1) is 43.1. The molecule has 6 nitrogen and oxygen atoms in total. The van der Waals surface area contributed by atoms with E-state index in [1.807, 2.05) is 26.8 Å². The summed E-state index contributed by atoms with van der Waals surface area (Å²) in [6.07, 6.45) is 18.4. The van der Waals surface area contributed by atoms with Crippen LogP contribution in [0.4, 0.5) is 0 Å². The fraction of sp³-hybridized carbons (Fsp3) is 0.583.